The van der Waals surface area contributed by atoms with Crippen molar-refractivity contribution in [2.75, 3.05) is 26.0 Å². The third kappa shape index (κ3) is 5.74. The molecule has 3 amide bonds. The van der Waals surface area contributed by atoms with Crippen molar-refractivity contribution >= 4 is 29.3 Å². The number of methoxy groups -OCH3 is 1. The Morgan fingerprint density at radius 1 is 1.34 bits per heavy atom. The smallest absolute Gasteiger partial charge is 0.313 e. The van der Waals surface area contributed by atoms with E-state index in [0.29, 0.717) is 24.4 Å². The summed E-state index contributed by atoms with van der Waals surface area (Å²) < 4.78 is 5.08. The maximum atomic E-state index is 12.8. The van der Waals surface area contributed by atoms with Crippen molar-refractivity contribution in [2.24, 2.45) is 10.7 Å². The fourth-order valence-electron chi connectivity index (χ4n) is 3.04. The predicted molar refractivity (Wildman–Crippen MR) is 109 cm³/mol. The molecule has 3 N–H and O–H groups in total. The van der Waals surface area contributed by atoms with Crippen LogP contribution >= 0.6 is 0 Å². The quantitative estimate of drug-likeness (QED) is 0.334. The van der Waals surface area contributed by atoms with Crippen molar-refractivity contribution in [3.05, 3.63) is 48.3 Å². The number of carbonyl (C=O) groups excluding carboxylic acids is 3. The number of aromatic nitrogens is 1. The number of carbonyl (C=O) groups is 3. The molecule has 1 aromatic rings. The minimum Gasteiger partial charge on any atom is -0.481 e. The molecule has 0 saturated carbocycles. The lowest BCUT2D eigenvalue weighted by atomic mass is 9.95. The average Bonchev–Trinajstić information content (AvgIpc) is 2.73. The number of nitrogens with two attached hydrogens (primary N) is 1. The topological polar surface area (TPSA) is 127 Å². The van der Waals surface area contributed by atoms with Gasteiger partial charge in [-0.15, -0.1) is 0 Å². The molecule has 154 valence electrons. The molecule has 1 aliphatic rings. The molecule has 0 radical (unpaired) electrons. The first-order valence-corrected chi connectivity index (χ1v) is 9.11. The Morgan fingerprint density at radius 2 is 2.10 bits per heavy atom. The van der Waals surface area contributed by atoms with Gasteiger partial charge in [0.05, 0.1) is 30.6 Å². The molecule has 0 spiro atoms. The van der Waals surface area contributed by atoms with E-state index < -0.39 is 17.7 Å². The lowest BCUT2D eigenvalue weighted by molar-refractivity contribution is -0.145. The molecule has 9 heteroatoms. The van der Waals surface area contributed by atoms with Crippen LogP contribution in [0.3, 0.4) is 0 Å². The summed E-state index contributed by atoms with van der Waals surface area (Å²) in [4.78, 5) is 45.8. The van der Waals surface area contributed by atoms with E-state index in [9.17, 15) is 14.4 Å². The van der Waals surface area contributed by atoms with Gasteiger partial charge in [-0.05, 0) is 30.9 Å². The molecular formula is C20H25N5O4. The number of likely N-dealkylation sites (tertiary alicyclic amines) is 1. The molecule has 29 heavy (non-hydrogen) atoms. The van der Waals surface area contributed by atoms with Gasteiger partial charge in [-0.2, -0.15) is 0 Å². The Balaban J connectivity index is 2.12. The van der Waals surface area contributed by atoms with Gasteiger partial charge in [-0.3, -0.25) is 24.4 Å². The van der Waals surface area contributed by atoms with Crippen LogP contribution in [0.4, 0.5) is 5.69 Å². The number of nitrogens with one attached hydrogen (secondary N) is 1. The zero-order chi connectivity index (χ0) is 21.4. The van der Waals surface area contributed by atoms with Crippen LogP contribution < -0.4 is 11.1 Å². The minimum atomic E-state index is -0.815. The van der Waals surface area contributed by atoms with E-state index in [1.165, 1.54) is 30.5 Å². The second-order valence-corrected chi connectivity index (χ2v) is 6.47. The number of amides is 3. The maximum absolute atomic E-state index is 12.8. The number of rotatable bonds is 5. The first-order valence-electron chi connectivity index (χ1n) is 9.11. The molecule has 1 atom stereocenters. The Hall–Kier alpha value is -3.49. The fraction of sp³-hybridized carbons (Fsp3) is 0.350. The van der Waals surface area contributed by atoms with Crippen LogP contribution in [-0.2, 0) is 14.3 Å². The van der Waals surface area contributed by atoms with E-state index in [4.69, 9.17) is 10.5 Å². The summed E-state index contributed by atoms with van der Waals surface area (Å²) in [5, 5.41) is 2.48. The van der Waals surface area contributed by atoms with Crippen LogP contribution in [0.2, 0.25) is 0 Å². The second kappa shape index (κ2) is 10.2. The van der Waals surface area contributed by atoms with Crippen LogP contribution in [0.1, 0.15) is 29.6 Å². The summed E-state index contributed by atoms with van der Waals surface area (Å²) in [6.07, 6.45) is 8.44. The normalized spacial score (nSPS) is 17.1. The van der Waals surface area contributed by atoms with Crippen LogP contribution in [0.5, 0.6) is 0 Å². The lowest BCUT2D eigenvalue weighted by Gasteiger charge is -2.35. The van der Waals surface area contributed by atoms with E-state index in [1.807, 2.05) is 0 Å². The van der Waals surface area contributed by atoms with Crippen LogP contribution in [0, 0.1) is 0 Å². The Morgan fingerprint density at radius 3 is 2.76 bits per heavy atom. The molecule has 2 rings (SSSR count). The number of primary amides is 1. The highest BCUT2D eigenvalue weighted by atomic mass is 16.5. The zero-order valence-electron chi connectivity index (χ0n) is 16.6. The molecule has 0 unspecified atom stereocenters. The molecule has 0 aliphatic carbocycles. The number of hydrogen-bond donors (Lipinski definition) is 2. The van der Waals surface area contributed by atoms with Crippen LogP contribution in [-0.4, -0.2) is 60.2 Å². The lowest BCUT2D eigenvalue weighted by Crippen LogP contribution is -2.48. The van der Waals surface area contributed by atoms with Gasteiger partial charge in [0.1, 0.15) is 0 Å². The van der Waals surface area contributed by atoms with E-state index in [-0.39, 0.29) is 17.3 Å². The van der Waals surface area contributed by atoms with Gasteiger partial charge in [-0.1, -0.05) is 12.7 Å². The van der Waals surface area contributed by atoms with Gasteiger partial charge in [0, 0.05) is 25.9 Å². The van der Waals surface area contributed by atoms with E-state index >= 15 is 0 Å². The number of pyridine rings is 1. The first-order chi connectivity index (χ1) is 13.9. The average molecular weight is 399 g/mol. The number of aliphatic imine (C=N–C) groups is 1. The number of nitrogens with zero attached hydrogens (tertiary/aromatic N) is 3. The molecule has 0 bridgehead atoms. The van der Waals surface area contributed by atoms with Crippen molar-refractivity contribution in [3.63, 3.8) is 0 Å². The van der Waals surface area contributed by atoms with Crippen LogP contribution in [0.15, 0.2) is 47.8 Å². The molecule has 2 heterocycles. The fourth-order valence-corrected chi connectivity index (χ4v) is 3.04. The molecule has 1 saturated heterocycles. The van der Waals surface area contributed by atoms with Crippen molar-refractivity contribution in [2.45, 2.75) is 25.3 Å². The standard InChI is InChI=1S/C20H25N5O4/c1-13(7-8-17(22-2)29-3)16-6-4-5-9-25(16)20(28)19(27)24-15-10-14(18(21)26)11-23-12-15/h7-8,10-12,16H,1,4-6,9H2,2-3H3,(H2,21,26)(H,24,27)/b8-7-,22-17+/t16-/m0/s1. The third-order valence-corrected chi connectivity index (χ3v) is 4.54. The molecule has 0 aromatic carbocycles. The van der Waals surface area contributed by atoms with Gasteiger partial charge in [-0.25, -0.2) is 0 Å². The second-order valence-electron chi connectivity index (χ2n) is 6.47. The summed E-state index contributed by atoms with van der Waals surface area (Å²) in [5.41, 5.74) is 6.25. The SMILES string of the molecule is C=C(/C=C\C(=N/C)OC)[C@@H]1CCCCN1C(=O)C(=O)Nc1cncc(C(N)=O)c1. The summed E-state index contributed by atoms with van der Waals surface area (Å²) >= 11 is 0. The number of ether oxygens (including phenoxy) is 1. The minimum absolute atomic E-state index is 0.135. The van der Waals surface area contributed by atoms with E-state index in [0.717, 1.165) is 12.8 Å². The monoisotopic (exact) mass is 399 g/mol. The first kappa shape index (κ1) is 21.8. The highest BCUT2D eigenvalue weighted by Crippen LogP contribution is 2.23. The van der Waals surface area contributed by atoms with Gasteiger partial charge in [0.25, 0.3) is 0 Å². The van der Waals surface area contributed by atoms with Gasteiger partial charge >= 0.3 is 11.8 Å². The number of anilines is 1. The maximum Gasteiger partial charge on any atom is 0.313 e. The number of hydrogen-bond acceptors (Lipinski definition) is 6. The highest BCUT2D eigenvalue weighted by Gasteiger charge is 2.31. The van der Waals surface area contributed by atoms with Crippen molar-refractivity contribution < 1.29 is 19.1 Å². The third-order valence-electron chi connectivity index (χ3n) is 4.54. The van der Waals surface area contributed by atoms with E-state index in [1.54, 1.807) is 19.2 Å². The summed E-state index contributed by atoms with van der Waals surface area (Å²) in [6.45, 7) is 4.49. The van der Waals surface area contributed by atoms with Gasteiger partial charge < -0.3 is 20.7 Å². The van der Waals surface area contributed by atoms with Crippen LogP contribution in [0.25, 0.3) is 0 Å². The van der Waals surface area contributed by atoms with Gasteiger partial charge in [0.15, 0.2) is 0 Å². The Labute approximate surface area is 169 Å². The van der Waals surface area contributed by atoms with Crippen molar-refractivity contribution in [1.29, 1.82) is 0 Å². The number of piperidine rings is 1. The largest absolute Gasteiger partial charge is 0.481 e. The van der Waals surface area contributed by atoms with Gasteiger partial charge in [0.2, 0.25) is 11.8 Å². The Bertz CT molecular complexity index is 862. The van der Waals surface area contributed by atoms with Crippen molar-refractivity contribution in [1.82, 2.24) is 9.88 Å². The highest BCUT2D eigenvalue weighted by molar-refractivity contribution is 6.39. The molecular weight excluding hydrogens is 374 g/mol. The summed E-state index contributed by atoms with van der Waals surface area (Å²) in [6, 6.07) is 1.06. The summed E-state index contributed by atoms with van der Waals surface area (Å²) in [7, 11) is 3.12. The predicted octanol–water partition coefficient (Wildman–Crippen LogP) is 1.29. The Kier molecular flexibility index (Phi) is 7.64. The molecule has 9 nitrogen and oxygen atoms in total. The molecule has 1 fully saturated rings. The van der Waals surface area contributed by atoms with Crippen molar-refractivity contribution in [3.8, 4) is 0 Å². The zero-order valence-corrected chi connectivity index (χ0v) is 16.6. The van der Waals surface area contributed by atoms with E-state index in [2.05, 4.69) is 21.9 Å². The molecule has 1 aliphatic heterocycles. The summed E-state index contributed by atoms with van der Waals surface area (Å²) in [5.74, 6) is -1.74. The molecule has 1 aromatic heterocycles.